The van der Waals surface area contributed by atoms with Gasteiger partial charge in [-0.25, -0.2) is 0 Å². The minimum atomic E-state index is 0. The van der Waals surface area contributed by atoms with Crippen molar-refractivity contribution in [2.45, 2.75) is 52.6 Å². The van der Waals surface area contributed by atoms with Gasteiger partial charge in [-0.1, -0.05) is 13.8 Å². The van der Waals surface area contributed by atoms with Gasteiger partial charge in [0, 0.05) is 32.7 Å². The van der Waals surface area contributed by atoms with E-state index in [0.29, 0.717) is 5.92 Å². The molecule has 0 radical (unpaired) electrons. The van der Waals surface area contributed by atoms with Crippen LogP contribution in [0.4, 0.5) is 0 Å². The molecule has 160 valence electrons. The molecule has 1 unspecified atom stereocenters. The second kappa shape index (κ2) is 14.8. The van der Waals surface area contributed by atoms with Crippen molar-refractivity contribution in [1.29, 1.82) is 0 Å². The first-order chi connectivity index (χ1) is 12.7. The number of aliphatic imine (C=N–C) groups is 1. The Morgan fingerprint density at radius 3 is 2.59 bits per heavy atom. The zero-order valence-corrected chi connectivity index (χ0v) is 20.0. The summed E-state index contributed by atoms with van der Waals surface area (Å²) in [7, 11) is 0. The number of unbranched alkanes of at least 4 members (excludes halogenated alkanes) is 1. The van der Waals surface area contributed by atoms with E-state index < -0.39 is 0 Å². The zero-order chi connectivity index (χ0) is 18.6. The highest BCUT2D eigenvalue weighted by Gasteiger charge is 2.20. The van der Waals surface area contributed by atoms with Gasteiger partial charge < -0.3 is 20.3 Å². The van der Waals surface area contributed by atoms with Crippen molar-refractivity contribution < 1.29 is 4.74 Å². The molecule has 2 rings (SSSR count). The SMILES string of the molecule is CCNC(=NCC1CN(CC(C)C)CCO1)NCCCCN1CCCC1.I. The molecule has 0 amide bonds. The Balaban J connectivity index is 0.00000364. The maximum absolute atomic E-state index is 5.91. The van der Waals surface area contributed by atoms with Crippen LogP contribution in [0.3, 0.4) is 0 Å². The van der Waals surface area contributed by atoms with E-state index in [1.807, 2.05) is 0 Å². The number of nitrogens with zero attached hydrogens (tertiary/aromatic N) is 3. The Morgan fingerprint density at radius 1 is 1.11 bits per heavy atom. The molecule has 0 aromatic carbocycles. The smallest absolute Gasteiger partial charge is 0.191 e. The minimum absolute atomic E-state index is 0. The van der Waals surface area contributed by atoms with Gasteiger partial charge in [-0.3, -0.25) is 9.89 Å². The van der Waals surface area contributed by atoms with E-state index in [4.69, 9.17) is 9.73 Å². The van der Waals surface area contributed by atoms with E-state index in [9.17, 15) is 0 Å². The predicted octanol–water partition coefficient (Wildman–Crippen LogP) is 2.39. The van der Waals surface area contributed by atoms with Gasteiger partial charge >= 0.3 is 0 Å². The normalized spacial score (nSPS) is 22.1. The fraction of sp³-hybridized carbons (Fsp3) is 0.950. The van der Waals surface area contributed by atoms with Crippen molar-refractivity contribution in [2.75, 3.05) is 65.5 Å². The highest BCUT2D eigenvalue weighted by atomic mass is 127. The number of morpholine rings is 1. The van der Waals surface area contributed by atoms with Crippen LogP contribution >= 0.6 is 24.0 Å². The first-order valence-electron chi connectivity index (χ1n) is 10.8. The summed E-state index contributed by atoms with van der Waals surface area (Å²) in [5.74, 6) is 1.63. The molecule has 0 saturated carbocycles. The lowest BCUT2D eigenvalue weighted by Gasteiger charge is -2.33. The molecule has 7 heteroatoms. The molecule has 2 fully saturated rings. The molecule has 0 spiro atoms. The van der Waals surface area contributed by atoms with E-state index in [1.165, 1.54) is 45.3 Å². The van der Waals surface area contributed by atoms with E-state index in [1.54, 1.807) is 0 Å². The van der Waals surface area contributed by atoms with E-state index in [2.05, 4.69) is 41.2 Å². The van der Waals surface area contributed by atoms with Crippen molar-refractivity contribution in [2.24, 2.45) is 10.9 Å². The largest absolute Gasteiger partial charge is 0.374 e. The van der Waals surface area contributed by atoms with Gasteiger partial charge in [-0.15, -0.1) is 24.0 Å². The number of ether oxygens (including phenoxy) is 1. The molecule has 27 heavy (non-hydrogen) atoms. The van der Waals surface area contributed by atoms with Crippen molar-refractivity contribution >= 4 is 29.9 Å². The van der Waals surface area contributed by atoms with Crippen LogP contribution in [0.2, 0.25) is 0 Å². The fourth-order valence-corrected chi connectivity index (χ4v) is 3.78. The van der Waals surface area contributed by atoms with Crippen LogP contribution in [-0.4, -0.2) is 87.4 Å². The molecule has 0 bridgehead atoms. The monoisotopic (exact) mass is 495 g/mol. The van der Waals surface area contributed by atoms with Crippen LogP contribution in [-0.2, 0) is 4.74 Å². The lowest BCUT2D eigenvalue weighted by molar-refractivity contribution is -0.0261. The Hall–Kier alpha value is -0.120. The van der Waals surface area contributed by atoms with Gasteiger partial charge in [0.05, 0.1) is 19.3 Å². The standard InChI is InChI=1S/C20H41N5O.HI/c1-4-21-20(22-9-5-6-10-24-11-7-8-12-24)23-15-19-17-25(13-14-26-19)16-18(2)3;/h18-19H,4-17H2,1-3H3,(H2,21,22,23);1H. The molecule has 2 saturated heterocycles. The van der Waals surface area contributed by atoms with Crippen LogP contribution in [0.25, 0.3) is 0 Å². The second-order valence-electron chi connectivity index (χ2n) is 8.05. The Labute approximate surface area is 183 Å². The van der Waals surface area contributed by atoms with E-state index in [-0.39, 0.29) is 30.1 Å². The summed E-state index contributed by atoms with van der Waals surface area (Å²) in [6, 6.07) is 0. The van der Waals surface area contributed by atoms with Gasteiger partial charge in [0.1, 0.15) is 0 Å². The molecule has 1 atom stereocenters. The van der Waals surface area contributed by atoms with Crippen LogP contribution in [0.15, 0.2) is 4.99 Å². The van der Waals surface area contributed by atoms with Crippen molar-refractivity contribution in [3.05, 3.63) is 0 Å². The van der Waals surface area contributed by atoms with Crippen molar-refractivity contribution in [1.82, 2.24) is 20.4 Å². The highest BCUT2D eigenvalue weighted by molar-refractivity contribution is 14.0. The third-order valence-electron chi connectivity index (χ3n) is 5.04. The van der Waals surface area contributed by atoms with E-state index in [0.717, 1.165) is 51.8 Å². The Bertz CT molecular complexity index is 402. The first-order valence-corrected chi connectivity index (χ1v) is 10.8. The summed E-state index contributed by atoms with van der Waals surface area (Å²) in [6.45, 7) is 17.2. The maximum atomic E-state index is 5.91. The molecular weight excluding hydrogens is 453 g/mol. The summed E-state index contributed by atoms with van der Waals surface area (Å²) < 4.78 is 5.91. The summed E-state index contributed by atoms with van der Waals surface area (Å²) >= 11 is 0. The number of rotatable bonds is 10. The lowest BCUT2D eigenvalue weighted by Crippen LogP contribution is -2.46. The number of hydrogen-bond acceptors (Lipinski definition) is 4. The number of halogens is 1. The number of likely N-dealkylation sites (tertiary alicyclic amines) is 1. The quantitative estimate of drug-likeness (QED) is 0.211. The highest BCUT2D eigenvalue weighted by Crippen LogP contribution is 2.09. The summed E-state index contributed by atoms with van der Waals surface area (Å²) in [5, 5.41) is 6.84. The summed E-state index contributed by atoms with van der Waals surface area (Å²) in [5.41, 5.74) is 0. The molecule has 0 aromatic rings. The third-order valence-corrected chi connectivity index (χ3v) is 5.04. The minimum Gasteiger partial charge on any atom is -0.374 e. The first kappa shape index (κ1) is 24.9. The average molecular weight is 495 g/mol. The number of guanidine groups is 1. The molecule has 0 aliphatic carbocycles. The molecule has 0 aromatic heterocycles. The van der Waals surface area contributed by atoms with Crippen LogP contribution in [0.1, 0.15) is 46.5 Å². The van der Waals surface area contributed by atoms with Gasteiger partial charge in [0.2, 0.25) is 0 Å². The Kier molecular flexibility index (Phi) is 13.7. The van der Waals surface area contributed by atoms with Crippen LogP contribution < -0.4 is 10.6 Å². The number of hydrogen-bond donors (Lipinski definition) is 2. The molecule has 2 aliphatic rings. The predicted molar refractivity (Wildman–Crippen MR) is 125 cm³/mol. The van der Waals surface area contributed by atoms with Crippen molar-refractivity contribution in [3.63, 3.8) is 0 Å². The zero-order valence-electron chi connectivity index (χ0n) is 17.7. The summed E-state index contributed by atoms with van der Waals surface area (Å²) in [6.07, 6.45) is 5.44. The summed E-state index contributed by atoms with van der Waals surface area (Å²) in [4.78, 5) is 9.85. The van der Waals surface area contributed by atoms with E-state index >= 15 is 0 Å². The molecule has 6 nitrogen and oxygen atoms in total. The maximum Gasteiger partial charge on any atom is 0.191 e. The lowest BCUT2D eigenvalue weighted by atomic mass is 10.2. The van der Waals surface area contributed by atoms with Gasteiger partial charge in [0.15, 0.2) is 5.96 Å². The number of nitrogens with one attached hydrogen (secondary N) is 2. The van der Waals surface area contributed by atoms with Crippen LogP contribution in [0.5, 0.6) is 0 Å². The van der Waals surface area contributed by atoms with Gasteiger partial charge in [-0.05, 0) is 58.2 Å². The third kappa shape index (κ3) is 10.9. The van der Waals surface area contributed by atoms with Crippen molar-refractivity contribution in [3.8, 4) is 0 Å². The molecule has 2 N–H and O–H groups in total. The van der Waals surface area contributed by atoms with Gasteiger partial charge in [-0.2, -0.15) is 0 Å². The Morgan fingerprint density at radius 2 is 1.89 bits per heavy atom. The fourth-order valence-electron chi connectivity index (χ4n) is 3.78. The topological polar surface area (TPSA) is 52.1 Å². The average Bonchev–Trinajstić information content (AvgIpc) is 3.12. The molecule has 2 heterocycles. The molecule has 2 aliphatic heterocycles. The van der Waals surface area contributed by atoms with Gasteiger partial charge in [0.25, 0.3) is 0 Å². The van der Waals surface area contributed by atoms with Crippen LogP contribution in [0, 0.1) is 5.92 Å². The second-order valence-corrected chi connectivity index (χ2v) is 8.05. The molecular formula is C20H42IN5O.